The number of carbonyl (C=O) groups excluding carboxylic acids is 3. The minimum atomic E-state index is -0.354. The summed E-state index contributed by atoms with van der Waals surface area (Å²) in [6.07, 6.45) is 0.0545. The molecule has 0 saturated carbocycles. The van der Waals surface area contributed by atoms with Crippen molar-refractivity contribution in [1.82, 2.24) is 15.2 Å². The zero-order chi connectivity index (χ0) is 25.4. The lowest BCUT2D eigenvalue weighted by atomic mass is 10.1. The van der Waals surface area contributed by atoms with Crippen molar-refractivity contribution in [1.29, 1.82) is 0 Å². The van der Waals surface area contributed by atoms with Gasteiger partial charge in [-0.2, -0.15) is 0 Å². The first-order valence-electron chi connectivity index (χ1n) is 11.3. The van der Waals surface area contributed by atoms with Crippen molar-refractivity contribution in [3.63, 3.8) is 0 Å². The maximum Gasteiger partial charge on any atom is 0.254 e. The van der Waals surface area contributed by atoms with Gasteiger partial charge in [-0.3, -0.25) is 14.4 Å². The first-order valence-corrected chi connectivity index (χ1v) is 12.2. The molecule has 0 unspecified atom stereocenters. The van der Waals surface area contributed by atoms with E-state index in [-0.39, 0.29) is 49.0 Å². The van der Waals surface area contributed by atoms with Crippen LogP contribution in [0.5, 0.6) is 0 Å². The molecule has 0 spiro atoms. The molecule has 0 atom stereocenters. The van der Waals surface area contributed by atoms with Crippen molar-refractivity contribution in [2.75, 3.05) is 18.4 Å². The first kappa shape index (κ1) is 26.0. The van der Waals surface area contributed by atoms with Crippen LogP contribution >= 0.6 is 11.3 Å². The van der Waals surface area contributed by atoms with E-state index in [0.29, 0.717) is 22.9 Å². The van der Waals surface area contributed by atoms with Crippen LogP contribution < -0.4 is 10.6 Å². The van der Waals surface area contributed by atoms with Gasteiger partial charge in [-0.05, 0) is 42.7 Å². The van der Waals surface area contributed by atoms with Crippen molar-refractivity contribution in [2.24, 2.45) is 5.92 Å². The molecule has 3 rings (SSSR count). The maximum atomic E-state index is 13.0. The van der Waals surface area contributed by atoms with Gasteiger partial charge < -0.3 is 15.5 Å². The van der Waals surface area contributed by atoms with Gasteiger partial charge in [0.2, 0.25) is 11.8 Å². The molecule has 1 heterocycles. The van der Waals surface area contributed by atoms with Crippen LogP contribution in [0, 0.1) is 18.7 Å². The Bertz CT molecular complexity index is 1160. The molecule has 0 bridgehead atoms. The number of thiazole rings is 1. The molecular formula is C26H29FN4O3S. The molecule has 0 saturated heterocycles. The van der Waals surface area contributed by atoms with E-state index >= 15 is 0 Å². The molecule has 3 amide bonds. The molecule has 2 N–H and O–H groups in total. The lowest BCUT2D eigenvalue weighted by molar-refractivity contribution is -0.120. The second-order valence-corrected chi connectivity index (χ2v) is 9.58. The van der Waals surface area contributed by atoms with Crippen molar-refractivity contribution in [2.45, 2.75) is 33.7 Å². The third-order valence-electron chi connectivity index (χ3n) is 5.05. The standard InChI is InChI=1S/C26H29FN4O3S/c1-17(2)14-31(25(34)20-8-4-18(3)5-9-20)15-24(33)30-26-29-22(16-35-26)12-23(32)28-13-19-6-10-21(27)11-7-19/h4-11,16-17H,12-15H2,1-3H3,(H,28,32)(H,29,30,33). The number of benzene rings is 2. The Balaban J connectivity index is 1.53. The highest BCUT2D eigenvalue weighted by Gasteiger charge is 2.20. The normalized spacial score (nSPS) is 10.8. The Labute approximate surface area is 208 Å². The van der Waals surface area contributed by atoms with Gasteiger partial charge in [-0.25, -0.2) is 9.37 Å². The number of hydrogen-bond donors (Lipinski definition) is 2. The van der Waals surface area contributed by atoms with Gasteiger partial charge in [-0.1, -0.05) is 43.7 Å². The summed E-state index contributed by atoms with van der Waals surface area (Å²) >= 11 is 1.22. The number of halogens is 1. The van der Waals surface area contributed by atoms with E-state index in [1.165, 1.54) is 28.4 Å². The van der Waals surface area contributed by atoms with Crippen LogP contribution in [0.2, 0.25) is 0 Å². The highest BCUT2D eigenvalue weighted by atomic mass is 32.1. The lowest BCUT2D eigenvalue weighted by Crippen LogP contribution is -2.40. The predicted molar refractivity (Wildman–Crippen MR) is 135 cm³/mol. The summed E-state index contributed by atoms with van der Waals surface area (Å²) in [5.41, 5.74) is 2.90. The highest BCUT2D eigenvalue weighted by Crippen LogP contribution is 2.17. The summed E-state index contributed by atoms with van der Waals surface area (Å²) in [6.45, 7) is 6.55. The van der Waals surface area contributed by atoms with E-state index < -0.39 is 0 Å². The average Bonchev–Trinajstić information content (AvgIpc) is 3.24. The smallest absolute Gasteiger partial charge is 0.254 e. The summed E-state index contributed by atoms with van der Waals surface area (Å²) in [7, 11) is 0. The van der Waals surface area contributed by atoms with Crippen molar-refractivity contribution in [3.8, 4) is 0 Å². The second kappa shape index (κ2) is 12.2. The van der Waals surface area contributed by atoms with Crippen LogP contribution in [0.1, 0.15) is 41.0 Å². The molecule has 7 nitrogen and oxygen atoms in total. The van der Waals surface area contributed by atoms with Crippen molar-refractivity contribution in [3.05, 3.63) is 82.1 Å². The van der Waals surface area contributed by atoms with Crippen LogP contribution in [0.15, 0.2) is 53.9 Å². The highest BCUT2D eigenvalue weighted by molar-refractivity contribution is 7.13. The second-order valence-electron chi connectivity index (χ2n) is 8.72. The number of carbonyl (C=O) groups is 3. The van der Waals surface area contributed by atoms with Crippen LogP contribution in [-0.4, -0.2) is 40.7 Å². The molecule has 0 radical (unpaired) electrons. The van der Waals surface area contributed by atoms with Gasteiger partial charge in [0.05, 0.1) is 12.1 Å². The van der Waals surface area contributed by atoms with Gasteiger partial charge in [0.1, 0.15) is 12.4 Å². The number of aryl methyl sites for hydroxylation is 1. The third-order valence-corrected chi connectivity index (χ3v) is 5.85. The van der Waals surface area contributed by atoms with E-state index in [9.17, 15) is 18.8 Å². The van der Waals surface area contributed by atoms with E-state index in [2.05, 4.69) is 15.6 Å². The molecule has 0 aliphatic heterocycles. The maximum absolute atomic E-state index is 13.0. The van der Waals surface area contributed by atoms with E-state index in [1.54, 1.807) is 29.6 Å². The Kier molecular flexibility index (Phi) is 9.08. The van der Waals surface area contributed by atoms with Gasteiger partial charge in [0.25, 0.3) is 5.91 Å². The van der Waals surface area contributed by atoms with Crippen molar-refractivity contribution < 1.29 is 18.8 Å². The topological polar surface area (TPSA) is 91.4 Å². The SMILES string of the molecule is Cc1ccc(C(=O)N(CC(=O)Nc2nc(CC(=O)NCc3ccc(F)cc3)cs2)CC(C)C)cc1. The largest absolute Gasteiger partial charge is 0.352 e. The number of amides is 3. The molecule has 2 aromatic carbocycles. The minimum absolute atomic E-state index is 0.0545. The fourth-order valence-electron chi connectivity index (χ4n) is 3.35. The van der Waals surface area contributed by atoms with Gasteiger partial charge in [0.15, 0.2) is 5.13 Å². The Morgan fingerprint density at radius 1 is 1.03 bits per heavy atom. The summed E-state index contributed by atoms with van der Waals surface area (Å²) in [4.78, 5) is 43.7. The number of nitrogens with zero attached hydrogens (tertiary/aromatic N) is 2. The van der Waals surface area contributed by atoms with Crippen LogP contribution in [0.3, 0.4) is 0 Å². The van der Waals surface area contributed by atoms with Crippen LogP contribution in [-0.2, 0) is 22.6 Å². The molecule has 0 fully saturated rings. The summed E-state index contributed by atoms with van der Waals surface area (Å²) in [5.74, 6) is -0.926. The van der Waals surface area contributed by atoms with Gasteiger partial charge in [-0.15, -0.1) is 11.3 Å². The predicted octanol–water partition coefficient (Wildman–Crippen LogP) is 4.19. The van der Waals surface area contributed by atoms with Crippen LogP contribution in [0.25, 0.3) is 0 Å². The lowest BCUT2D eigenvalue weighted by Gasteiger charge is -2.24. The molecule has 1 aromatic heterocycles. The molecule has 0 aliphatic carbocycles. The number of rotatable bonds is 10. The quantitative estimate of drug-likeness (QED) is 0.440. The zero-order valence-electron chi connectivity index (χ0n) is 20.0. The molecular weight excluding hydrogens is 467 g/mol. The van der Waals surface area contributed by atoms with Crippen LogP contribution in [0.4, 0.5) is 9.52 Å². The monoisotopic (exact) mass is 496 g/mol. The number of nitrogens with one attached hydrogen (secondary N) is 2. The fraction of sp³-hybridized carbons (Fsp3) is 0.308. The summed E-state index contributed by atoms with van der Waals surface area (Å²) in [5, 5.41) is 7.56. The molecule has 0 aliphatic rings. The third kappa shape index (κ3) is 8.29. The number of anilines is 1. The number of aromatic nitrogens is 1. The van der Waals surface area contributed by atoms with Gasteiger partial charge >= 0.3 is 0 Å². The Morgan fingerprint density at radius 3 is 2.37 bits per heavy atom. The zero-order valence-corrected chi connectivity index (χ0v) is 20.8. The van der Waals surface area contributed by atoms with Crippen molar-refractivity contribution >= 4 is 34.2 Å². The fourth-order valence-corrected chi connectivity index (χ4v) is 4.07. The van der Waals surface area contributed by atoms with Gasteiger partial charge in [0, 0.05) is 24.0 Å². The molecule has 9 heteroatoms. The molecule has 184 valence electrons. The first-order chi connectivity index (χ1) is 16.7. The average molecular weight is 497 g/mol. The Hall–Kier alpha value is -3.59. The minimum Gasteiger partial charge on any atom is -0.352 e. The summed E-state index contributed by atoms with van der Waals surface area (Å²) < 4.78 is 13.0. The molecule has 35 heavy (non-hydrogen) atoms. The van der Waals surface area contributed by atoms with E-state index in [1.807, 2.05) is 32.9 Å². The Morgan fingerprint density at radius 2 is 1.71 bits per heavy atom. The van der Waals surface area contributed by atoms with E-state index in [0.717, 1.165) is 11.1 Å². The molecule has 3 aromatic rings. The summed E-state index contributed by atoms with van der Waals surface area (Å²) in [6, 6.07) is 13.2. The van der Waals surface area contributed by atoms with E-state index in [4.69, 9.17) is 0 Å². The number of hydrogen-bond acceptors (Lipinski definition) is 5.